The van der Waals surface area contributed by atoms with Crippen molar-refractivity contribution in [1.29, 1.82) is 0 Å². The molecule has 0 aliphatic carbocycles. The van der Waals surface area contributed by atoms with Crippen LogP contribution in [-0.4, -0.2) is 62.4 Å². The van der Waals surface area contributed by atoms with Crippen LogP contribution in [0.15, 0.2) is 59.5 Å². The number of halogens is 1. The second kappa shape index (κ2) is 14.3. The third-order valence-corrected chi connectivity index (χ3v) is 9.34. The fourth-order valence-electron chi connectivity index (χ4n) is 3.98. The van der Waals surface area contributed by atoms with E-state index >= 15 is 0 Å². The van der Waals surface area contributed by atoms with Crippen molar-refractivity contribution in [3.8, 4) is 0 Å². The van der Waals surface area contributed by atoms with Crippen molar-refractivity contribution in [3.63, 3.8) is 0 Å². The van der Waals surface area contributed by atoms with Crippen LogP contribution in [0.5, 0.6) is 0 Å². The molecule has 0 radical (unpaired) electrons. The summed E-state index contributed by atoms with van der Waals surface area (Å²) in [7, 11) is -7.86. The number of amidine groups is 2. The number of aliphatic hydroxyl groups is 2. The van der Waals surface area contributed by atoms with Crippen LogP contribution in [0.25, 0.3) is 0 Å². The highest BCUT2D eigenvalue weighted by molar-refractivity contribution is 9.10. The van der Waals surface area contributed by atoms with Crippen molar-refractivity contribution >= 4 is 59.2 Å². The second-order valence-electron chi connectivity index (χ2n) is 11.2. The molecule has 15 heteroatoms. The lowest BCUT2D eigenvalue weighted by atomic mass is 10.1. The van der Waals surface area contributed by atoms with E-state index < -0.39 is 31.2 Å². The molecule has 0 unspecified atom stereocenters. The first kappa shape index (κ1) is 38.2. The number of sulfonamides is 2. The number of fused-ring (bicyclic) bond motifs is 1. The number of hydrogen-bond acceptors (Lipinski definition) is 7. The third-order valence-electron chi connectivity index (χ3n) is 5.71. The lowest BCUT2D eigenvalue weighted by Gasteiger charge is -2.17. The molecule has 2 aromatic rings. The summed E-state index contributed by atoms with van der Waals surface area (Å²) in [4.78, 5) is 13.2. The van der Waals surface area contributed by atoms with Gasteiger partial charge in [-0.3, -0.25) is 4.79 Å². The summed E-state index contributed by atoms with van der Waals surface area (Å²) in [5.41, 5.74) is 11.4. The van der Waals surface area contributed by atoms with E-state index in [4.69, 9.17) is 11.5 Å². The Hall–Kier alpha value is -2.85. The van der Waals surface area contributed by atoms with Gasteiger partial charge in [-0.15, -0.1) is 8.80 Å². The van der Waals surface area contributed by atoms with Gasteiger partial charge in [-0.2, -0.15) is 16.8 Å². The number of carbonyl (C=O) groups excluding carboxylic acids is 1. The lowest BCUT2D eigenvalue weighted by Crippen LogP contribution is -2.28. The maximum atomic E-state index is 12.5. The lowest BCUT2D eigenvalue weighted by molar-refractivity contribution is -0.116. The van der Waals surface area contributed by atoms with E-state index in [1.54, 1.807) is 18.2 Å². The minimum Gasteiger partial charge on any atom is -0.390 e. The number of aryl methyl sites for hydroxylation is 1. The molecule has 0 fully saturated rings. The van der Waals surface area contributed by atoms with Crippen molar-refractivity contribution in [3.05, 3.63) is 52.0 Å². The first-order valence-corrected chi connectivity index (χ1v) is 16.5. The highest BCUT2D eigenvalue weighted by Crippen LogP contribution is 2.36. The summed E-state index contributed by atoms with van der Waals surface area (Å²) in [5.74, 6) is -0.439. The van der Waals surface area contributed by atoms with Crippen LogP contribution in [0.1, 0.15) is 66.0 Å². The molecule has 6 N–H and O–H groups in total. The summed E-state index contributed by atoms with van der Waals surface area (Å²) in [5, 5.41) is 19.3. The Morgan fingerprint density at radius 3 is 1.84 bits per heavy atom. The normalized spacial score (nSPS) is 14.4. The van der Waals surface area contributed by atoms with Crippen LogP contribution >= 0.6 is 15.9 Å². The van der Waals surface area contributed by atoms with Crippen LogP contribution in [-0.2, 0) is 31.3 Å². The third kappa shape index (κ3) is 11.6. The molecule has 0 saturated heterocycles. The van der Waals surface area contributed by atoms with Crippen molar-refractivity contribution in [2.45, 2.75) is 89.2 Å². The number of nitrogens with two attached hydrogens (primary N) is 2. The minimum absolute atomic E-state index is 0. The molecule has 1 amide bonds. The zero-order chi connectivity index (χ0) is 32.3. The molecule has 0 saturated carbocycles. The van der Waals surface area contributed by atoms with Crippen LogP contribution < -0.4 is 16.4 Å². The molecule has 12 nitrogen and oxygen atoms in total. The Morgan fingerprint density at radius 1 is 0.930 bits per heavy atom. The predicted molar refractivity (Wildman–Crippen MR) is 173 cm³/mol. The smallest absolute Gasteiger partial charge is 0.285 e. The molecule has 0 bridgehead atoms. The second-order valence-corrected chi connectivity index (χ2v) is 15.3. The molecule has 1 heterocycles. The van der Waals surface area contributed by atoms with Gasteiger partial charge in [0.1, 0.15) is 16.6 Å². The zero-order valence-electron chi connectivity index (χ0n) is 24.4. The maximum absolute atomic E-state index is 12.5. The van der Waals surface area contributed by atoms with E-state index in [1.165, 1.54) is 57.7 Å². The number of anilines is 1. The van der Waals surface area contributed by atoms with Gasteiger partial charge in [-0.05, 0) is 86.8 Å². The van der Waals surface area contributed by atoms with Gasteiger partial charge in [0.25, 0.3) is 20.0 Å². The number of rotatable bonds is 8. The summed E-state index contributed by atoms with van der Waals surface area (Å²) >= 11 is 3.25. The molecule has 2 aromatic carbocycles. The SMILES string of the molecule is C.CC(=O)N1CCc2cc(Br)c(S(=O)(=O)N=C(N)CC(C)(C)O)cc21.Cc1ccc(S(=O)(=O)N=C(N)CC(C)(C)O)cc1. The summed E-state index contributed by atoms with van der Waals surface area (Å²) < 4.78 is 56.3. The highest BCUT2D eigenvalue weighted by atomic mass is 79.9. The van der Waals surface area contributed by atoms with Gasteiger partial charge in [-0.1, -0.05) is 25.1 Å². The molecule has 1 aliphatic heterocycles. The first-order valence-electron chi connectivity index (χ1n) is 12.8. The quantitative estimate of drug-likeness (QED) is 0.234. The van der Waals surface area contributed by atoms with Crippen molar-refractivity contribution < 1.29 is 31.8 Å². The molecule has 240 valence electrons. The molecule has 0 atom stereocenters. The van der Waals surface area contributed by atoms with Crippen LogP contribution in [0.2, 0.25) is 0 Å². The van der Waals surface area contributed by atoms with Crippen molar-refractivity contribution in [2.24, 2.45) is 20.3 Å². The van der Waals surface area contributed by atoms with Crippen LogP contribution in [0, 0.1) is 6.92 Å². The van der Waals surface area contributed by atoms with E-state index in [0.29, 0.717) is 23.1 Å². The van der Waals surface area contributed by atoms with Gasteiger partial charge in [0.05, 0.1) is 16.1 Å². The number of carbonyl (C=O) groups is 1. The Labute approximate surface area is 263 Å². The summed E-state index contributed by atoms with van der Waals surface area (Å²) in [6.45, 7) is 9.91. The van der Waals surface area contributed by atoms with E-state index in [2.05, 4.69) is 24.7 Å². The first-order chi connectivity index (χ1) is 19.0. The van der Waals surface area contributed by atoms with Gasteiger partial charge >= 0.3 is 0 Å². The van der Waals surface area contributed by atoms with E-state index in [9.17, 15) is 31.8 Å². The fourth-order valence-corrected chi connectivity index (χ4v) is 6.99. The van der Waals surface area contributed by atoms with E-state index in [0.717, 1.165) is 11.1 Å². The van der Waals surface area contributed by atoms with Crippen molar-refractivity contribution in [2.75, 3.05) is 11.4 Å². The molecular weight excluding hydrogens is 662 g/mol. The van der Waals surface area contributed by atoms with Gasteiger partial charge in [0.2, 0.25) is 5.91 Å². The summed E-state index contributed by atoms with van der Waals surface area (Å²) in [6, 6.07) is 9.46. The Morgan fingerprint density at radius 2 is 1.40 bits per heavy atom. The molecule has 0 spiro atoms. The number of benzene rings is 2. The topological polar surface area (TPSA) is 206 Å². The van der Waals surface area contributed by atoms with Crippen molar-refractivity contribution in [1.82, 2.24) is 0 Å². The highest BCUT2D eigenvalue weighted by Gasteiger charge is 2.28. The average molecular weight is 705 g/mol. The molecule has 1 aliphatic rings. The van der Waals surface area contributed by atoms with E-state index in [-0.39, 0.29) is 47.6 Å². The minimum atomic E-state index is -4.07. The fraction of sp³-hybridized carbons (Fsp3) is 0.464. The Kier molecular flexibility index (Phi) is 12.7. The number of amides is 1. The van der Waals surface area contributed by atoms with Gasteiger partial charge in [0, 0.05) is 36.5 Å². The Balaban J connectivity index is 0.000000438. The average Bonchev–Trinajstić information content (AvgIpc) is 3.18. The van der Waals surface area contributed by atoms with Gasteiger partial charge < -0.3 is 26.6 Å². The monoisotopic (exact) mass is 703 g/mol. The molecular formula is C28H42BrN5O7S2. The standard InChI is InChI=1S/C15H20BrN3O4S.C12H18N2O3S.CH4/c1-9(20)19-5-4-10-6-11(16)13(7-12(10)19)24(22,23)18-14(17)8-15(2,3)21;1-9-4-6-10(7-5-9)18(16,17)14-11(13)8-12(2,3)15;/h6-7,21H,4-5,8H2,1-3H3,(H2,17,18);4-7,15H,8H2,1-3H3,(H2,13,14);1H4. The molecule has 43 heavy (non-hydrogen) atoms. The van der Waals surface area contributed by atoms with E-state index in [1.807, 2.05) is 6.92 Å². The van der Waals surface area contributed by atoms with Gasteiger partial charge in [0.15, 0.2) is 0 Å². The summed E-state index contributed by atoms with van der Waals surface area (Å²) in [6.07, 6.45) is 0.588. The van der Waals surface area contributed by atoms with Crippen LogP contribution in [0.4, 0.5) is 5.69 Å². The predicted octanol–water partition coefficient (Wildman–Crippen LogP) is 3.40. The molecule has 0 aromatic heterocycles. The largest absolute Gasteiger partial charge is 0.390 e. The number of nitrogens with zero attached hydrogens (tertiary/aromatic N) is 3. The zero-order valence-corrected chi connectivity index (χ0v) is 27.6. The van der Waals surface area contributed by atoms with Gasteiger partial charge in [-0.25, -0.2) is 0 Å². The molecule has 3 rings (SSSR count). The number of hydrogen-bond donors (Lipinski definition) is 4. The Bertz CT molecular complexity index is 1590. The maximum Gasteiger partial charge on any atom is 0.285 e. The van der Waals surface area contributed by atoms with Crippen LogP contribution in [0.3, 0.4) is 0 Å².